The third kappa shape index (κ3) is 3.55. The van der Waals surface area contributed by atoms with Crippen LogP contribution in [0.15, 0.2) is 18.2 Å². The minimum Gasteiger partial charge on any atom is -0.497 e. The lowest BCUT2D eigenvalue weighted by Crippen LogP contribution is -2.69. The molecule has 1 spiro atoms. The van der Waals surface area contributed by atoms with Gasteiger partial charge in [0.15, 0.2) is 0 Å². The number of urea groups is 1. The number of likely N-dealkylation sites (tertiary alicyclic amines) is 1. The summed E-state index contributed by atoms with van der Waals surface area (Å²) in [4.78, 5) is 33.5. The van der Waals surface area contributed by atoms with E-state index in [1.165, 1.54) is 0 Å². The summed E-state index contributed by atoms with van der Waals surface area (Å²) in [5, 5.41) is 14.5. The quantitative estimate of drug-likeness (QED) is 0.662. The number of methoxy groups -OCH3 is 1. The van der Waals surface area contributed by atoms with E-state index in [0.29, 0.717) is 19.6 Å². The van der Waals surface area contributed by atoms with E-state index in [1.54, 1.807) is 7.11 Å². The molecule has 1 atom stereocenters. The second-order valence-electron chi connectivity index (χ2n) is 10.2. The number of benzene rings is 1. The van der Waals surface area contributed by atoms with E-state index < -0.39 is 6.04 Å². The first-order valence-electron chi connectivity index (χ1n) is 12.0. The average molecular weight is 455 g/mol. The highest BCUT2D eigenvalue weighted by molar-refractivity contribution is 5.90. The van der Waals surface area contributed by atoms with Crippen molar-refractivity contribution in [3.8, 4) is 5.75 Å². The lowest BCUT2D eigenvalue weighted by Gasteiger charge is -2.56. The summed E-state index contributed by atoms with van der Waals surface area (Å²) in [7, 11) is 1.64. The number of nitrogens with one attached hydrogen (secondary N) is 2. The molecular formula is C25H34N4O4. The highest BCUT2D eigenvalue weighted by atomic mass is 16.5. The zero-order valence-corrected chi connectivity index (χ0v) is 19.7. The highest BCUT2D eigenvalue weighted by Crippen LogP contribution is 2.49. The van der Waals surface area contributed by atoms with Crippen molar-refractivity contribution >= 4 is 22.8 Å². The van der Waals surface area contributed by atoms with Crippen molar-refractivity contribution in [1.82, 2.24) is 20.1 Å². The predicted molar refractivity (Wildman–Crippen MR) is 125 cm³/mol. The molecule has 0 unspecified atom stereocenters. The van der Waals surface area contributed by atoms with Gasteiger partial charge in [-0.15, -0.1) is 0 Å². The predicted octanol–water partition coefficient (Wildman–Crippen LogP) is 2.91. The molecule has 2 aromatic rings. The SMILES string of the molecule is COc1ccc2c3c([nH]c2c1)[C@@H](CO)N(C(=O)C1CCCC1)CC31CN(C(=O)NC(C)C)C1. The molecule has 3 aliphatic rings. The second-order valence-corrected chi connectivity index (χ2v) is 10.2. The molecule has 178 valence electrons. The van der Waals surface area contributed by atoms with E-state index >= 15 is 0 Å². The van der Waals surface area contributed by atoms with Crippen LogP contribution >= 0.6 is 0 Å². The number of carbonyl (C=O) groups is 2. The van der Waals surface area contributed by atoms with Gasteiger partial charge in [-0.1, -0.05) is 12.8 Å². The zero-order valence-electron chi connectivity index (χ0n) is 19.7. The van der Waals surface area contributed by atoms with Gasteiger partial charge in [0.2, 0.25) is 5.91 Å². The number of aromatic nitrogens is 1. The number of hydrogen-bond donors (Lipinski definition) is 3. The van der Waals surface area contributed by atoms with Gasteiger partial charge in [0, 0.05) is 54.3 Å². The lowest BCUT2D eigenvalue weighted by molar-refractivity contribution is -0.142. The van der Waals surface area contributed by atoms with E-state index in [4.69, 9.17) is 4.74 Å². The molecule has 0 bridgehead atoms. The van der Waals surface area contributed by atoms with Crippen LogP contribution in [0.1, 0.15) is 56.8 Å². The highest BCUT2D eigenvalue weighted by Gasteiger charge is 2.55. The van der Waals surface area contributed by atoms with Gasteiger partial charge in [0.1, 0.15) is 5.75 Å². The number of hydrogen-bond acceptors (Lipinski definition) is 4. The van der Waals surface area contributed by atoms with Crippen LogP contribution in [0.2, 0.25) is 0 Å². The van der Waals surface area contributed by atoms with Gasteiger partial charge >= 0.3 is 6.03 Å². The Kier molecular flexibility index (Phi) is 5.51. The summed E-state index contributed by atoms with van der Waals surface area (Å²) in [6.45, 7) is 5.38. The Hall–Kier alpha value is -2.74. The summed E-state index contributed by atoms with van der Waals surface area (Å²) in [6.07, 6.45) is 4.00. The van der Waals surface area contributed by atoms with E-state index in [0.717, 1.165) is 53.6 Å². The number of aromatic amines is 1. The Bertz CT molecular complexity index is 1070. The number of aliphatic hydroxyl groups is 1. The molecule has 3 heterocycles. The Balaban J connectivity index is 1.57. The van der Waals surface area contributed by atoms with Crippen LogP contribution in [0.25, 0.3) is 10.9 Å². The number of carbonyl (C=O) groups excluding carboxylic acids is 2. The molecule has 33 heavy (non-hydrogen) atoms. The van der Waals surface area contributed by atoms with Crippen molar-refractivity contribution in [2.75, 3.05) is 33.4 Å². The first-order valence-corrected chi connectivity index (χ1v) is 12.0. The summed E-state index contributed by atoms with van der Waals surface area (Å²) in [5.74, 6) is 0.918. The van der Waals surface area contributed by atoms with Gasteiger partial charge in [0.25, 0.3) is 0 Å². The van der Waals surface area contributed by atoms with Crippen molar-refractivity contribution < 1.29 is 19.4 Å². The van der Waals surface area contributed by atoms with Gasteiger partial charge in [-0.2, -0.15) is 0 Å². The van der Waals surface area contributed by atoms with Crippen molar-refractivity contribution in [1.29, 1.82) is 0 Å². The van der Waals surface area contributed by atoms with Crippen LogP contribution in [0, 0.1) is 5.92 Å². The molecule has 0 radical (unpaired) electrons. The number of rotatable bonds is 4. The van der Waals surface area contributed by atoms with E-state index in [1.807, 2.05) is 41.8 Å². The number of H-pyrrole nitrogens is 1. The second kappa shape index (κ2) is 8.24. The van der Waals surface area contributed by atoms with Crippen molar-refractivity contribution in [3.63, 3.8) is 0 Å². The van der Waals surface area contributed by atoms with Crippen LogP contribution < -0.4 is 10.1 Å². The lowest BCUT2D eigenvalue weighted by atomic mass is 9.68. The van der Waals surface area contributed by atoms with E-state index in [-0.39, 0.29) is 35.9 Å². The molecule has 8 heteroatoms. The normalized spacial score (nSPS) is 22.0. The summed E-state index contributed by atoms with van der Waals surface area (Å²) in [5.41, 5.74) is 2.60. The van der Waals surface area contributed by atoms with Crippen LogP contribution in [0.5, 0.6) is 5.75 Å². The maximum absolute atomic E-state index is 13.6. The van der Waals surface area contributed by atoms with Gasteiger partial charge in [-0.25, -0.2) is 4.79 Å². The Labute approximate surface area is 194 Å². The van der Waals surface area contributed by atoms with Crippen LogP contribution in [0.4, 0.5) is 4.79 Å². The van der Waals surface area contributed by atoms with Crippen molar-refractivity contribution in [2.24, 2.45) is 5.92 Å². The number of fused-ring (bicyclic) bond motifs is 4. The number of nitrogens with zero attached hydrogens (tertiary/aromatic N) is 2. The molecule has 2 fully saturated rings. The fraction of sp³-hybridized carbons (Fsp3) is 0.600. The van der Waals surface area contributed by atoms with Crippen LogP contribution in [-0.2, 0) is 10.2 Å². The third-order valence-corrected chi connectivity index (χ3v) is 7.59. The molecule has 5 rings (SSSR count). The van der Waals surface area contributed by atoms with E-state index in [2.05, 4.69) is 10.3 Å². The van der Waals surface area contributed by atoms with Crippen LogP contribution in [-0.4, -0.2) is 71.2 Å². The maximum atomic E-state index is 13.6. The molecule has 1 aromatic carbocycles. The van der Waals surface area contributed by atoms with Gasteiger partial charge in [0.05, 0.1) is 25.2 Å². The molecular weight excluding hydrogens is 420 g/mol. The Morgan fingerprint density at radius 2 is 1.97 bits per heavy atom. The first kappa shape index (κ1) is 22.1. The monoisotopic (exact) mass is 454 g/mol. The topological polar surface area (TPSA) is 97.9 Å². The minimum atomic E-state index is -0.407. The molecule has 3 amide bonds. The van der Waals surface area contributed by atoms with Crippen molar-refractivity contribution in [3.05, 3.63) is 29.5 Å². The number of aliphatic hydroxyl groups excluding tert-OH is 1. The summed E-state index contributed by atoms with van der Waals surface area (Å²) < 4.78 is 5.42. The fourth-order valence-corrected chi connectivity index (χ4v) is 6.07. The molecule has 3 N–H and O–H groups in total. The third-order valence-electron chi connectivity index (χ3n) is 7.59. The van der Waals surface area contributed by atoms with Gasteiger partial charge < -0.3 is 29.9 Å². The summed E-state index contributed by atoms with van der Waals surface area (Å²) in [6, 6.07) is 5.53. The molecule has 8 nitrogen and oxygen atoms in total. The van der Waals surface area contributed by atoms with Gasteiger partial charge in [-0.3, -0.25) is 4.79 Å². The van der Waals surface area contributed by atoms with Crippen molar-refractivity contribution in [2.45, 2.75) is 57.0 Å². The standard InChI is InChI=1S/C25H34N4O4/c1-15(2)26-24(32)28-12-25(13-28)14-29(23(31)16-6-4-5-7-16)20(11-30)22-21(25)18-9-8-17(33-3)10-19(18)27-22/h8-10,15-16,20,27,30H,4-7,11-14H2,1-3H3,(H,26,32)/t20-/m1/s1. The minimum absolute atomic E-state index is 0.0301. The fourth-order valence-electron chi connectivity index (χ4n) is 6.07. The molecule has 1 aliphatic carbocycles. The van der Waals surface area contributed by atoms with Crippen LogP contribution in [0.3, 0.4) is 0 Å². The Morgan fingerprint density at radius 1 is 1.24 bits per heavy atom. The molecule has 1 saturated carbocycles. The largest absolute Gasteiger partial charge is 0.497 e. The average Bonchev–Trinajstić information content (AvgIpc) is 3.43. The zero-order chi connectivity index (χ0) is 23.3. The molecule has 2 aliphatic heterocycles. The summed E-state index contributed by atoms with van der Waals surface area (Å²) >= 11 is 0. The first-order chi connectivity index (χ1) is 15.9. The smallest absolute Gasteiger partial charge is 0.317 e. The van der Waals surface area contributed by atoms with E-state index in [9.17, 15) is 14.7 Å². The molecule has 1 aromatic heterocycles. The maximum Gasteiger partial charge on any atom is 0.317 e. The molecule has 1 saturated heterocycles. The van der Waals surface area contributed by atoms with Gasteiger partial charge in [-0.05, 0) is 44.4 Å². The number of amides is 3. The number of ether oxygens (including phenoxy) is 1. The Morgan fingerprint density at radius 3 is 2.61 bits per heavy atom.